The molecule has 1 heterocycles. The molecule has 106 valence electrons. The van der Waals surface area contributed by atoms with Gasteiger partial charge < -0.3 is 5.32 Å². The molecule has 0 bridgehead atoms. The number of nitrogens with zero attached hydrogens (tertiary/aromatic N) is 1. The SMILES string of the molecule is CCCNC(C)c1ccc(Cc2cccnc2)cc1Cl. The van der Waals surface area contributed by atoms with Crippen molar-refractivity contribution in [3.63, 3.8) is 0 Å². The number of halogens is 1. The molecule has 1 unspecified atom stereocenters. The van der Waals surface area contributed by atoms with E-state index in [-0.39, 0.29) is 6.04 Å². The van der Waals surface area contributed by atoms with Gasteiger partial charge in [0.05, 0.1) is 0 Å². The van der Waals surface area contributed by atoms with E-state index in [4.69, 9.17) is 11.6 Å². The van der Waals surface area contributed by atoms with Crippen LogP contribution in [0, 0.1) is 0 Å². The van der Waals surface area contributed by atoms with E-state index in [1.807, 2.05) is 12.3 Å². The maximum absolute atomic E-state index is 6.41. The zero-order valence-corrected chi connectivity index (χ0v) is 12.8. The summed E-state index contributed by atoms with van der Waals surface area (Å²) in [5.41, 5.74) is 3.58. The van der Waals surface area contributed by atoms with Crippen molar-refractivity contribution in [2.24, 2.45) is 0 Å². The van der Waals surface area contributed by atoms with Gasteiger partial charge >= 0.3 is 0 Å². The van der Waals surface area contributed by atoms with E-state index in [1.54, 1.807) is 6.20 Å². The Morgan fingerprint density at radius 2 is 2.10 bits per heavy atom. The van der Waals surface area contributed by atoms with E-state index >= 15 is 0 Å². The molecule has 0 fully saturated rings. The third-order valence-corrected chi connectivity index (χ3v) is 3.69. The molecule has 1 atom stereocenters. The van der Waals surface area contributed by atoms with E-state index in [2.05, 4.69) is 48.4 Å². The van der Waals surface area contributed by atoms with Gasteiger partial charge in [0.1, 0.15) is 0 Å². The zero-order chi connectivity index (χ0) is 14.4. The van der Waals surface area contributed by atoms with Gasteiger partial charge in [0, 0.05) is 23.5 Å². The molecule has 2 nitrogen and oxygen atoms in total. The highest BCUT2D eigenvalue weighted by atomic mass is 35.5. The minimum Gasteiger partial charge on any atom is -0.310 e. The summed E-state index contributed by atoms with van der Waals surface area (Å²) >= 11 is 6.41. The zero-order valence-electron chi connectivity index (χ0n) is 12.1. The highest BCUT2D eigenvalue weighted by Crippen LogP contribution is 2.25. The van der Waals surface area contributed by atoms with Crippen LogP contribution in [0.5, 0.6) is 0 Å². The van der Waals surface area contributed by atoms with E-state index in [9.17, 15) is 0 Å². The van der Waals surface area contributed by atoms with Crippen LogP contribution in [-0.4, -0.2) is 11.5 Å². The first-order chi connectivity index (χ1) is 9.70. The largest absolute Gasteiger partial charge is 0.310 e. The Labute approximate surface area is 126 Å². The Morgan fingerprint density at radius 1 is 1.25 bits per heavy atom. The Balaban J connectivity index is 2.09. The molecule has 3 heteroatoms. The van der Waals surface area contributed by atoms with Gasteiger partial charge in [0.15, 0.2) is 0 Å². The van der Waals surface area contributed by atoms with Crippen LogP contribution in [0.25, 0.3) is 0 Å². The maximum Gasteiger partial charge on any atom is 0.0456 e. The van der Waals surface area contributed by atoms with Gasteiger partial charge in [-0.3, -0.25) is 4.98 Å². The second kappa shape index (κ2) is 7.41. The van der Waals surface area contributed by atoms with Crippen molar-refractivity contribution in [1.29, 1.82) is 0 Å². The normalized spacial score (nSPS) is 12.3. The lowest BCUT2D eigenvalue weighted by molar-refractivity contribution is 0.571. The van der Waals surface area contributed by atoms with Gasteiger partial charge in [0.25, 0.3) is 0 Å². The van der Waals surface area contributed by atoms with Gasteiger partial charge in [-0.15, -0.1) is 0 Å². The second-order valence-electron chi connectivity index (χ2n) is 5.07. The van der Waals surface area contributed by atoms with Gasteiger partial charge in [0.2, 0.25) is 0 Å². The molecule has 20 heavy (non-hydrogen) atoms. The highest BCUT2D eigenvalue weighted by molar-refractivity contribution is 6.31. The average Bonchev–Trinajstić information content (AvgIpc) is 2.46. The second-order valence-corrected chi connectivity index (χ2v) is 5.48. The molecule has 0 amide bonds. The van der Waals surface area contributed by atoms with E-state index in [1.165, 1.54) is 11.1 Å². The first-order valence-corrected chi connectivity index (χ1v) is 7.49. The summed E-state index contributed by atoms with van der Waals surface area (Å²) in [6, 6.07) is 10.7. The minimum absolute atomic E-state index is 0.287. The van der Waals surface area contributed by atoms with Crippen molar-refractivity contribution in [3.8, 4) is 0 Å². The van der Waals surface area contributed by atoms with Crippen LogP contribution in [0.4, 0.5) is 0 Å². The summed E-state index contributed by atoms with van der Waals surface area (Å²) in [5, 5.41) is 4.30. The monoisotopic (exact) mass is 288 g/mol. The van der Waals surface area contributed by atoms with Crippen LogP contribution in [-0.2, 0) is 6.42 Å². The van der Waals surface area contributed by atoms with Crippen LogP contribution in [0.1, 0.15) is 43.0 Å². The molecular weight excluding hydrogens is 268 g/mol. The fourth-order valence-corrected chi connectivity index (χ4v) is 2.61. The molecule has 0 spiro atoms. The molecule has 2 rings (SSSR count). The predicted octanol–water partition coefficient (Wildman–Crippen LogP) is 4.39. The molecule has 0 aliphatic heterocycles. The van der Waals surface area contributed by atoms with Gasteiger partial charge in [-0.05, 0) is 55.1 Å². The summed E-state index contributed by atoms with van der Waals surface area (Å²) in [4.78, 5) is 4.14. The Morgan fingerprint density at radius 3 is 2.75 bits per heavy atom. The summed E-state index contributed by atoms with van der Waals surface area (Å²) < 4.78 is 0. The van der Waals surface area contributed by atoms with Gasteiger partial charge in [-0.2, -0.15) is 0 Å². The Hall–Kier alpha value is -1.38. The maximum atomic E-state index is 6.41. The number of hydrogen-bond donors (Lipinski definition) is 1. The van der Waals surface area contributed by atoms with Crippen molar-refractivity contribution in [2.75, 3.05) is 6.54 Å². The molecule has 0 saturated carbocycles. The third kappa shape index (κ3) is 4.06. The van der Waals surface area contributed by atoms with Gasteiger partial charge in [-0.25, -0.2) is 0 Å². The van der Waals surface area contributed by atoms with E-state index in [0.29, 0.717) is 0 Å². The van der Waals surface area contributed by atoms with Crippen molar-refractivity contribution in [1.82, 2.24) is 10.3 Å². The first kappa shape index (κ1) is 15.0. The smallest absolute Gasteiger partial charge is 0.0456 e. The van der Waals surface area contributed by atoms with E-state index in [0.717, 1.165) is 30.0 Å². The Kier molecular flexibility index (Phi) is 5.57. The number of pyridine rings is 1. The fourth-order valence-electron chi connectivity index (χ4n) is 2.24. The van der Waals surface area contributed by atoms with Crippen molar-refractivity contribution in [3.05, 3.63) is 64.4 Å². The van der Waals surface area contributed by atoms with Gasteiger partial charge in [-0.1, -0.05) is 36.7 Å². The molecule has 0 aliphatic rings. The lowest BCUT2D eigenvalue weighted by Crippen LogP contribution is -2.19. The minimum atomic E-state index is 0.287. The quantitative estimate of drug-likeness (QED) is 0.853. The van der Waals surface area contributed by atoms with Crippen LogP contribution >= 0.6 is 11.6 Å². The Bertz CT molecular complexity index is 540. The third-order valence-electron chi connectivity index (χ3n) is 3.36. The average molecular weight is 289 g/mol. The number of benzene rings is 1. The topological polar surface area (TPSA) is 24.9 Å². The summed E-state index contributed by atoms with van der Waals surface area (Å²) in [7, 11) is 0. The lowest BCUT2D eigenvalue weighted by atomic mass is 10.0. The predicted molar refractivity (Wildman–Crippen MR) is 85.2 cm³/mol. The van der Waals surface area contributed by atoms with Crippen LogP contribution in [0.3, 0.4) is 0 Å². The first-order valence-electron chi connectivity index (χ1n) is 7.11. The number of hydrogen-bond acceptors (Lipinski definition) is 2. The summed E-state index contributed by atoms with van der Waals surface area (Å²) in [6.45, 7) is 5.32. The van der Waals surface area contributed by atoms with Crippen LogP contribution in [0.2, 0.25) is 5.02 Å². The number of aromatic nitrogens is 1. The fraction of sp³-hybridized carbons (Fsp3) is 0.353. The van der Waals surface area contributed by atoms with Crippen LogP contribution in [0.15, 0.2) is 42.7 Å². The number of nitrogens with one attached hydrogen (secondary N) is 1. The van der Waals surface area contributed by atoms with Crippen molar-refractivity contribution in [2.45, 2.75) is 32.7 Å². The summed E-state index contributed by atoms with van der Waals surface area (Å²) in [5.74, 6) is 0. The van der Waals surface area contributed by atoms with Crippen molar-refractivity contribution < 1.29 is 0 Å². The molecule has 2 aromatic rings. The molecule has 0 saturated heterocycles. The molecule has 0 radical (unpaired) electrons. The molecule has 1 aromatic heterocycles. The van der Waals surface area contributed by atoms with Crippen LogP contribution < -0.4 is 5.32 Å². The van der Waals surface area contributed by atoms with E-state index < -0.39 is 0 Å². The number of rotatable bonds is 6. The highest BCUT2D eigenvalue weighted by Gasteiger charge is 2.09. The summed E-state index contributed by atoms with van der Waals surface area (Å²) in [6.07, 6.45) is 5.68. The standard InChI is InChI=1S/C17H21ClN2/c1-3-8-20-13(2)16-7-6-14(11-17(16)18)10-15-5-4-9-19-12-15/h4-7,9,11-13,20H,3,8,10H2,1-2H3. The molecule has 0 aliphatic carbocycles. The molecular formula is C17H21ClN2. The van der Waals surface area contributed by atoms with Crippen molar-refractivity contribution >= 4 is 11.6 Å². The molecule has 1 N–H and O–H groups in total. The molecule has 1 aromatic carbocycles. The lowest BCUT2D eigenvalue weighted by Gasteiger charge is -2.16.